The molecular weight excluding hydrogens is 477 g/mol. The molecule has 0 aliphatic carbocycles. The van der Waals surface area contributed by atoms with Crippen molar-refractivity contribution >= 4 is 45.7 Å². The highest BCUT2D eigenvalue weighted by molar-refractivity contribution is 8.00. The number of hydrogen-bond acceptors (Lipinski definition) is 8. The van der Waals surface area contributed by atoms with Crippen LogP contribution in [0.2, 0.25) is 0 Å². The molecule has 0 radical (unpaired) electrons. The van der Waals surface area contributed by atoms with Crippen LogP contribution in [0.1, 0.15) is 22.9 Å². The maximum Gasteiger partial charge on any atom is 0.302 e. The maximum atomic E-state index is 13.1. The normalized spacial score (nSPS) is 17.4. The van der Waals surface area contributed by atoms with Gasteiger partial charge in [0.15, 0.2) is 4.34 Å². The monoisotopic (exact) mass is 493 g/mol. The number of hydrogen-bond donors (Lipinski definition) is 1. The van der Waals surface area contributed by atoms with E-state index >= 15 is 0 Å². The van der Waals surface area contributed by atoms with Crippen LogP contribution in [0.5, 0.6) is 0 Å². The average Bonchev–Trinajstić information content (AvgIpc) is 3.60. The first-order valence-electron chi connectivity index (χ1n) is 10.1. The van der Waals surface area contributed by atoms with Gasteiger partial charge in [-0.15, -0.1) is 10.2 Å². The Labute approximate surface area is 201 Å². The number of aliphatic hydroxyl groups is 1. The number of benzene rings is 2. The van der Waals surface area contributed by atoms with E-state index < -0.39 is 17.7 Å². The van der Waals surface area contributed by atoms with Crippen molar-refractivity contribution in [1.82, 2.24) is 10.2 Å². The predicted octanol–water partition coefficient (Wildman–Crippen LogP) is 5.19. The van der Waals surface area contributed by atoms with E-state index in [-0.39, 0.29) is 22.3 Å². The van der Waals surface area contributed by atoms with Gasteiger partial charge >= 0.3 is 5.91 Å². The molecular formula is C24H16FN3O4S2. The Morgan fingerprint density at radius 2 is 1.82 bits per heavy atom. The van der Waals surface area contributed by atoms with Gasteiger partial charge in [-0.2, -0.15) is 0 Å². The molecule has 1 N–H and O–H groups in total. The maximum absolute atomic E-state index is 13.1. The minimum atomic E-state index is -0.988. The van der Waals surface area contributed by atoms with Crippen LogP contribution >= 0.6 is 23.1 Å². The number of nitrogens with zero attached hydrogens (tertiary/aromatic N) is 3. The third-order valence-corrected chi connectivity index (χ3v) is 7.31. The lowest BCUT2D eigenvalue weighted by Gasteiger charge is -2.19. The zero-order chi connectivity index (χ0) is 23.7. The highest BCUT2D eigenvalue weighted by Crippen LogP contribution is 2.44. The van der Waals surface area contributed by atoms with Gasteiger partial charge in [-0.25, -0.2) is 4.39 Å². The van der Waals surface area contributed by atoms with Gasteiger partial charge in [0.1, 0.15) is 23.4 Å². The molecule has 0 spiro atoms. The standard InChI is InChI=1S/C24H16FN3O4S2/c25-16-10-8-14(9-11-16)13-33-24-27-26-23(34-24)28-19(17-7-4-12-32-17)18(21(30)22(28)31)20(29)15-5-2-1-3-6-15/h1-12,19,29H,13H2/b20-18-. The van der Waals surface area contributed by atoms with E-state index in [0.717, 1.165) is 16.9 Å². The zero-order valence-corrected chi connectivity index (χ0v) is 19.1. The van der Waals surface area contributed by atoms with Gasteiger partial charge < -0.3 is 9.52 Å². The zero-order valence-electron chi connectivity index (χ0n) is 17.4. The Morgan fingerprint density at radius 1 is 1.06 bits per heavy atom. The van der Waals surface area contributed by atoms with E-state index in [2.05, 4.69) is 10.2 Å². The van der Waals surface area contributed by atoms with Crippen LogP contribution in [0, 0.1) is 5.82 Å². The topological polar surface area (TPSA) is 96.5 Å². The van der Waals surface area contributed by atoms with Gasteiger partial charge in [-0.3, -0.25) is 14.5 Å². The molecule has 1 unspecified atom stereocenters. The number of aliphatic hydroxyl groups excluding tert-OH is 1. The second kappa shape index (κ2) is 9.24. The van der Waals surface area contributed by atoms with Crippen LogP contribution in [0.3, 0.4) is 0 Å². The quantitative estimate of drug-likeness (QED) is 0.130. The fourth-order valence-electron chi connectivity index (χ4n) is 3.58. The predicted molar refractivity (Wildman–Crippen MR) is 126 cm³/mol. The van der Waals surface area contributed by atoms with E-state index in [0.29, 0.717) is 21.4 Å². The number of furan rings is 1. The van der Waals surface area contributed by atoms with Crippen molar-refractivity contribution in [2.45, 2.75) is 16.1 Å². The summed E-state index contributed by atoms with van der Waals surface area (Å²) < 4.78 is 19.2. The SMILES string of the molecule is O=C1C(=O)N(c2nnc(SCc3ccc(F)cc3)s2)C(c2ccco2)/C1=C(/O)c1ccccc1. The first-order chi connectivity index (χ1) is 16.5. The van der Waals surface area contributed by atoms with Crippen molar-refractivity contribution in [2.75, 3.05) is 4.90 Å². The number of thioether (sulfide) groups is 1. The average molecular weight is 494 g/mol. The van der Waals surface area contributed by atoms with Crippen LogP contribution in [-0.2, 0) is 15.3 Å². The summed E-state index contributed by atoms with van der Waals surface area (Å²) in [5.74, 6) is -1.42. The lowest BCUT2D eigenvalue weighted by Crippen LogP contribution is -2.29. The first-order valence-corrected chi connectivity index (χ1v) is 11.9. The molecule has 7 nitrogen and oxygen atoms in total. The second-order valence-electron chi connectivity index (χ2n) is 7.32. The van der Waals surface area contributed by atoms with Gasteiger partial charge in [-0.1, -0.05) is 65.6 Å². The number of amides is 1. The van der Waals surface area contributed by atoms with Crippen LogP contribution < -0.4 is 4.90 Å². The van der Waals surface area contributed by atoms with Crippen LogP contribution in [0.15, 0.2) is 87.3 Å². The van der Waals surface area contributed by atoms with Gasteiger partial charge in [0.2, 0.25) is 5.13 Å². The Hall–Kier alpha value is -3.76. The number of aromatic nitrogens is 2. The summed E-state index contributed by atoms with van der Waals surface area (Å²) in [5, 5.41) is 19.4. The van der Waals surface area contributed by atoms with Gasteiger partial charge in [0, 0.05) is 11.3 Å². The van der Waals surface area contributed by atoms with Crippen LogP contribution in [-0.4, -0.2) is 27.0 Å². The Morgan fingerprint density at radius 3 is 2.53 bits per heavy atom. The van der Waals surface area contributed by atoms with Crippen molar-refractivity contribution in [2.24, 2.45) is 0 Å². The molecule has 5 rings (SSSR count). The molecule has 34 heavy (non-hydrogen) atoms. The summed E-state index contributed by atoms with van der Waals surface area (Å²) in [7, 11) is 0. The van der Waals surface area contributed by atoms with Crippen molar-refractivity contribution in [3.63, 3.8) is 0 Å². The number of Topliss-reactive ketones (excluding diaryl/α,β-unsaturated/α-hetero) is 1. The third kappa shape index (κ3) is 4.13. The molecule has 3 heterocycles. The van der Waals surface area contributed by atoms with Crippen molar-refractivity contribution in [3.05, 3.63) is 101 Å². The summed E-state index contributed by atoms with van der Waals surface area (Å²) in [5.41, 5.74) is 1.23. The number of halogens is 1. The number of ketones is 1. The molecule has 1 amide bonds. The molecule has 170 valence electrons. The number of rotatable bonds is 6. The Kier molecular flexibility index (Phi) is 5.99. The van der Waals surface area contributed by atoms with Gasteiger partial charge in [0.25, 0.3) is 5.78 Å². The minimum Gasteiger partial charge on any atom is -0.507 e. The van der Waals surface area contributed by atoms with Crippen molar-refractivity contribution in [1.29, 1.82) is 0 Å². The number of carbonyl (C=O) groups is 2. The highest BCUT2D eigenvalue weighted by atomic mass is 32.2. The Balaban J connectivity index is 1.49. The second-order valence-corrected chi connectivity index (χ2v) is 9.49. The van der Waals surface area contributed by atoms with E-state index in [1.54, 1.807) is 54.6 Å². The molecule has 4 aromatic rings. The Bertz CT molecular complexity index is 1370. The van der Waals surface area contributed by atoms with Crippen molar-refractivity contribution < 1.29 is 23.5 Å². The van der Waals surface area contributed by atoms with Crippen LogP contribution in [0.25, 0.3) is 5.76 Å². The summed E-state index contributed by atoms with van der Waals surface area (Å²) in [6.45, 7) is 0. The summed E-state index contributed by atoms with van der Waals surface area (Å²) >= 11 is 2.52. The molecule has 1 saturated heterocycles. The highest BCUT2D eigenvalue weighted by Gasteiger charge is 2.49. The lowest BCUT2D eigenvalue weighted by molar-refractivity contribution is -0.132. The summed E-state index contributed by atoms with van der Waals surface area (Å²) in [4.78, 5) is 27.3. The third-order valence-electron chi connectivity index (χ3n) is 5.18. The molecule has 2 aromatic carbocycles. The fraction of sp³-hybridized carbons (Fsp3) is 0.0833. The lowest BCUT2D eigenvalue weighted by atomic mass is 9.99. The number of carbonyl (C=O) groups excluding carboxylic acids is 2. The van der Waals surface area contributed by atoms with Gasteiger partial charge in [0.05, 0.1) is 11.8 Å². The molecule has 0 saturated carbocycles. The molecule has 1 aliphatic rings. The van der Waals surface area contributed by atoms with E-state index in [1.165, 1.54) is 35.1 Å². The molecule has 2 aromatic heterocycles. The van der Waals surface area contributed by atoms with E-state index in [4.69, 9.17) is 4.42 Å². The molecule has 10 heteroatoms. The first kappa shape index (κ1) is 22.1. The summed E-state index contributed by atoms with van der Waals surface area (Å²) in [6.07, 6.45) is 1.43. The molecule has 1 atom stereocenters. The minimum absolute atomic E-state index is 0.0816. The molecule has 1 aliphatic heterocycles. The molecule has 1 fully saturated rings. The van der Waals surface area contributed by atoms with Crippen molar-refractivity contribution in [3.8, 4) is 0 Å². The van der Waals surface area contributed by atoms with Gasteiger partial charge in [-0.05, 0) is 29.8 Å². The smallest absolute Gasteiger partial charge is 0.302 e. The van der Waals surface area contributed by atoms with E-state index in [1.807, 2.05) is 0 Å². The van der Waals surface area contributed by atoms with Crippen LogP contribution in [0.4, 0.5) is 9.52 Å². The van der Waals surface area contributed by atoms with E-state index in [9.17, 15) is 19.1 Å². The summed E-state index contributed by atoms with van der Waals surface area (Å²) in [6, 6.07) is 17.0. The fourth-order valence-corrected chi connectivity index (χ4v) is 5.40. The molecule has 0 bridgehead atoms. The largest absolute Gasteiger partial charge is 0.507 e. The number of anilines is 1.